The van der Waals surface area contributed by atoms with E-state index < -0.39 is 68.5 Å². The fraction of sp³-hybridized carbons (Fsp3) is 0.909. The average Bonchev–Trinajstić information content (AvgIpc) is 2.50. The molecule has 0 amide bonds. The predicted molar refractivity (Wildman–Crippen MR) is 63.8 cm³/mol. The zero-order chi connectivity index (χ0) is 16.2. The molecule has 0 spiro atoms. The zero-order valence-electron chi connectivity index (χ0n) is 11.0. The van der Waals surface area contributed by atoms with Crippen LogP contribution in [0.15, 0.2) is 0 Å². The Kier molecular flexibility index (Phi) is 7.06. The van der Waals surface area contributed by atoms with E-state index in [1.807, 2.05) is 0 Å². The van der Waals surface area contributed by atoms with Gasteiger partial charge < -0.3 is 45.2 Å². The molecule has 1 aliphatic rings. The van der Waals surface area contributed by atoms with Crippen LogP contribution in [0.2, 0.25) is 0 Å². The number of aliphatic hydroxyl groups is 7. The molecule has 1 fully saturated rings. The van der Waals surface area contributed by atoms with Crippen LogP contribution in [0.3, 0.4) is 0 Å². The lowest BCUT2D eigenvalue weighted by molar-refractivity contribution is -0.310. The van der Waals surface area contributed by atoms with Gasteiger partial charge in [0.1, 0.15) is 36.6 Å². The molecule has 7 N–H and O–H groups in total. The molecule has 10 nitrogen and oxygen atoms in total. The van der Waals surface area contributed by atoms with Crippen LogP contribution in [0, 0.1) is 0 Å². The number of carbonyl (C=O) groups excluding carboxylic acids is 1. The Morgan fingerprint density at radius 1 is 1.05 bits per heavy atom. The highest BCUT2D eigenvalue weighted by Crippen LogP contribution is 2.23. The van der Waals surface area contributed by atoms with Crippen LogP contribution in [0.4, 0.5) is 0 Å². The molecule has 0 aromatic heterocycles. The second kappa shape index (κ2) is 8.08. The fourth-order valence-corrected chi connectivity index (χ4v) is 1.85. The highest BCUT2D eigenvalue weighted by Gasteiger charge is 2.45. The molecule has 1 aliphatic heterocycles. The number of ether oxygens (including phenoxy) is 2. The highest BCUT2D eigenvalue weighted by molar-refractivity contribution is 5.87. The van der Waals surface area contributed by atoms with Crippen LogP contribution in [-0.4, -0.2) is 104 Å². The average molecular weight is 312 g/mol. The number of hydrogen-bond acceptors (Lipinski definition) is 10. The van der Waals surface area contributed by atoms with Gasteiger partial charge in [-0.3, -0.25) is 4.79 Å². The number of aliphatic hydroxyl groups excluding tert-OH is 7. The van der Waals surface area contributed by atoms with E-state index in [0.29, 0.717) is 0 Å². The lowest BCUT2D eigenvalue weighted by Gasteiger charge is -2.40. The van der Waals surface area contributed by atoms with Crippen molar-refractivity contribution in [3.63, 3.8) is 0 Å². The molecular formula is C11H20O10. The van der Waals surface area contributed by atoms with E-state index in [2.05, 4.69) is 0 Å². The van der Waals surface area contributed by atoms with Gasteiger partial charge in [-0.1, -0.05) is 0 Å². The van der Waals surface area contributed by atoms with Crippen LogP contribution < -0.4 is 0 Å². The lowest BCUT2D eigenvalue weighted by atomic mass is 9.99. The minimum Gasteiger partial charge on any atom is -0.394 e. The Hall–Kier alpha value is -0.690. The maximum absolute atomic E-state index is 11.6. The number of Topliss-reactive ketones (excluding diaryl/α,β-unsaturated/α-hetero) is 1. The summed E-state index contributed by atoms with van der Waals surface area (Å²) in [6.45, 7) is -2.43. The molecule has 10 heteroatoms. The highest BCUT2D eigenvalue weighted by atomic mass is 16.7. The first-order valence-corrected chi connectivity index (χ1v) is 6.26. The smallest absolute Gasteiger partial charge is 0.194 e. The maximum atomic E-state index is 11.6. The summed E-state index contributed by atoms with van der Waals surface area (Å²) in [4.78, 5) is 11.6. The summed E-state index contributed by atoms with van der Waals surface area (Å²) < 4.78 is 9.95. The summed E-state index contributed by atoms with van der Waals surface area (Å²) in [6, 6.07) is 0. The molecule has 0 radical (unpaired) electrons. The van der Waals surface area contributed by atoms with Crippen molar-refractivity contribution in [2.75, 3.05) is 19.8 Å². The molecule has 1 rings (SSSR count). The number of hydrogen-bond donors (Lipinski definition) is 7. The minimum absolute atomic E-state index is 0.679. The predicted octanol–water partition coefficient (Wildman–Crippen LogP) is -4.91. The van der Waals surface area contributed by atoms with Gasteiger partial charge >= 0.3 is 0 Å². The molecular weight excluding hydrogens is 292 g/mol. The molecule has 1 saturated heterocycles. The SMILES string of the molecule is O=C([C@@H](O)CO)[C@@H](CO)O[C@@H]1O[C@H](CO)[C@H](O)[C@H](O)[C@H]1O. The fourth-order valence-electron chi connectivity index (χ4n) is 1.85. The van der Waals surface area contributed by atoms with Crippen LogP contribution in [0.1, 0.15) is 0 Å². The van der Waals surface area contributed by atoms with Gasteiger partial charge in [0.2, 0.25) is 0 Å². The number of rotatable bonds is 7. The van der Waals surface area contributed by atoms with E-state index in [0.717, 1.165) is 0 Å². The third-order valence-corrected chi connectivity index (χ3v) is 3.13. The van der Waals surface area contributed by atoms with E-state index in [4.69, 9.17) is 24.8 Å². The van der Waals surface area contributed by atoms with Gasteiger partial charge in [0.05, 0.1) is 19.8 Å². The summed E-state index contributed by atoms with van der Waals surface area (Å²) in [7, 11) is 0. The summed E-state index contributed by atoms with van der Waals surface area (Å²) >= 11 is 0. The molecule has 1 heterocycles. The van der Waals surface area contributed by atoms with Crippen LogP contribution in [0.5, 0.6) is 0 Å². The molecule has 0 saturated carbocycles. The monoisotopic (exact) mass is 312 g/mol. The van der Waals surface area contributed by atoms with Crippen LogP contribution in [0.25, 0.3) is 0 Å². The second-order valence-corrected chi connectivity index (χ2v) is 4.61. The van der Waals surface area contributed by atoms with E-state index in [9.17, 15) is 25.2 Å². The first-order chi connectivity index (χ1) is 9.87. The van der Waals surface area contributed by atoms with E-state index in [1.54, 1.807) is 0 Å². The van der Waals surface area contributed by atoms with Gasteiger partial charge in [0.25, 0.3) is 0 Å². The summed E-state index contributed by atoms with van der Waals surface area (Å²) in [5, 5.41) is 64.7. The molecule has 0 aromatic rings. The van der Waals surface area contributed by atoms with Gasteiger partial charge in [0, 0.05) is 0 Å². The molecule has 0 aromatic carbocycles. The van der Waals surface area contributed by atoms with Gasteiger partial charge in [-0.15, -0.1) is 0 Å². The summed E-state index contributed by atoms with van der Waals surface area (Å²) in [5.41, 5.74) is 0. The van der Waals surface area contributed by atoms with Crippen molar-refractivity contribution in [2.24, 2.45) is 0 Å². The van der Waals surface area contributed by atoms with Crippen molar-refractivity contribution in [1.82, 2.24) is 0 Å². The standard InChI is InChI=1S/C11H20O10/c12-1-4(15)7(16)5(2-13)20-11-10(19)9(18)8(17)6(3-14)21-11/h4-6,8-15,17-19H,1-3H2/t4-,5+,6+,8-,9-,10+,11+/m0/s1. The minimum atomic E-state index is -1.79. The van der Waals surface area contributed by atoms with Crippen molar-refractivity contribution in [2.45, 2.75) is 42.9 Å². The Balaban J connectivity index is 2.76. The van der Waals surface area contributed by atoms with Crippen molar-refractivity contribution in [3.05, 3.63) is 0 Å². The number of ketones is 1. The lowest BCUT2D eigenvalue weighted by Crippen LogP contribution is -2.60. The zero-order valence-corrected chi connectivity index (χ0v) is 11.0. The topological polar surface area (TPSA) is 177 Å². The molecule has 124 valence electrons. The Morgan fingerprint density at radius 3 is 2.14 bits per heavy atom. The summed E-state index contributed by atoms with van der Waals surface area (Å²) in [6.07, 6.45) is -11.3. The molecule has 0 unspecified atom stereocenters. The van der Waals surface area contributed by atoms with Crippen LogP contribution >= 0.6 is 0 Å². The Bertz CT molecular complexity index is 335. The second-order valence-electron chi connectivity index (χ2n) is 4.61. The van der Waals surface area contributed by atoms with Crippen LogP contribution in [-0.2, 0) is 14.3 Å². The maximum Gasteiger partial charge on any atom is 0.194 e. The van der Waals surface area contributed by atoms with Gasteiger partial charge in [-0.25, -0.2) is 0 Å². The number of carbonyl (C=O) groups is 1. The third kappa shape index (κ3) is 4.16. The third-order valence-electron chi connectivity index (χ3n) is 3.13. The first-order valence-electron chi connectivity index (χ1n) is 6.26. The van der Waals surface area contributed by atoms with Gasteiger partial charge in [-0.05, 0) is 0 Å². The van der Waals surface area contributed by atoms with Crippen molar-refractivity contribution < 1.29 is 50.0 Å². The Labute approximate surface area is 119 Å². The molecule has 21 heavy (non-hydrogen) atoms. The van der Waals surface area contributed by atoms with Crippen molar-refractivity contribution in [1.29, 1.82) is 0 Å². The largest absolute Gasteiger partial charge is 0.394 e. The molecule has 0 bridgehead atoms. The van der Waals surface area contributed by atoms with E-state index in [-0.39, 0.29) is 0 Å². The van der Waals surface area contributed by atoms with E-state index in [1.165, 1.54) is 0 Å². The normalized spacial score (nSPS) is 36.2. The van der Waals surface area contributed by atoms with Crippen molar-refractivity contribution in [3.8, 4) is 0 Å². The molecule has 0 aliphatic carbocycles. The first kappa shape index (κ1) is 18.4. The molecule has 7 atom stereocenters. The Morgan fingerprint density at radius 2 is 1.67 bits per heavy atom. The quantitative estimate of drug-likeness (QED) is 0.241. The summed E-state index contributed by atoms with van der Waals surface area (Å²) in [5.74, 6) is -1.04. The van der Waals surface area contributed by atoms with E-state index >= 15 is 0 Å². The van der Waals surface area contributed by atoms with Gasteiger partial charge in [-0.2, -0.15) is 0 Å². The van der Waals surface area contributed by atoms with Gasteiger partial charge in [0.15, 0.2) is 12.1 Å². The van der Waals surface area contributed by atoms with Crippen molar-refractivity contribution >= 4 is 5.78 Å².